The lowest BCUT2D eigenvalue weighted by Crippen LogP contribution is -2.53. The largest absolute Gasteiger partial charge is 0.416 e. The van der Waals surface area contributed by atoms with E-state index in [-0.39, 0.29) is 30.1 Å². The third-order valence-corrected chi connectivity index (χ3v) is 10.8. The Labute approximate surface area is 286 Å². The van der Waals surface area contributed by atoms with Gasteiger partial charge in [-0.2, -0.15) is 13.2 Å². The van der Waals surface area contributed by atoms with Crippen LogP contribution in [0.1, 0.15) is 96.5 Å². The Kier molecular flexibility index (Phi) is 11.5. The van der Waals surface area contributed by atoms with Gasteiger partial charge in [0.15, 0.2) is 5.78 Å². The van der Waals surface area contributed by atoms with Crippen molar-refractivity contribution >= 4 is 5.78 Å². The van der Waals surface area contributed by atoms with Crippen molar-refractivity contribution in [2.24, 2.45) is 5.41 Å². The number of carbonyl (C=O) groups is 1. The van der Waals surface area contributed by atoms with Crippen LogP contribution in [0.4, 0.5) is 13.2 Å². The number of halogens is 3. The van der Waals surface area contributed by atoms with Gasteiger partial charge in [-0.1, -0.05) is 73.2 Å². The van der Waals surface area contributed by atoms with E-state index in [0.29, 0.717) is 62.6 Å². The molecule has 3 aromatic rings. The minimum Gasteiger partial charge on any atom is -0.394 e. The van der Waals surface area contributed by atoms with Crippen LogP contribution in [-0.4, -0.2) is 68.6 Å². The maximum atomic E-state index is 14.2. The number of rotatable bonds is 9. The standard InChI is InChI=1S/C40H48F3NO5/c1-27-8-7-18-38(2)36(17-19-39(38,49)26-44(24-33(47)25-45)23-28-9-4-3-5-10-28)34-16-14-29(20-32(46)15-13-27)21-35(34)37(48)30-11-6-12-31(22-30)40(41,42)43/h3-6,8-12,14,16,21-22,32-33,36,45-47,49H,7,13,15,17-20,23-26H2,1-2H3/t32-,33-,36-,38-,39+/m0/s1. The van der Waals surface area contributed by atoms with Gasteiger partial charge in [-0.3, -0.25) is 9.69 Å². The van der Waals surface area contributed by atoms with Crippen LogP contribution in [0.2, 0.25) is 0 Å². The number of ketones is 1. The Bertz CT molecular complexity index is 1630. The second-order valence-electron chi connectivity index (χ2n) is 14.3. The van der Waals surface area contributed by atoms with Gasteiger partial charge in [0.1, 0.15) is 0 Å². The number of fused-ring (bicyclic) bond motifs is 8. The Hall–Kier alpha value is -3.34. The zero-order chi connectivity index (χ0) is 35.4. The molecule has 2 bridgehead atoms. The highest BCUT2D eigenvalue weighted by Gasteiger charge is 2.57. The van der Waals surface area contributed by atoms with Gasteiger partial charge in [0, 0.05) is 36.2 Å². The van der Waals surface area contributed by atoms with Gasteiger partial charge in [0.2, 0.25) is 0 Å². The molecule has 0 radical (unpaired) electrons. The molecule has 1 fully saturated rings. The molecule has 0 aliphatic heterocycles. The molecule has 1 saturated carbocycles. The summed E-state index contributed by atoms with van der Waals surface area (Å²) in [6.45, 7) is 4.45. The lowest BCUT2D eigenvalue weighted by molar-refractivity contribution is -0.137. The van der Waals surface area contributed by atoms with Crippen LogP contribution in [0, 0.1) is 5.41 Å². The zero-order valence-electron chi connectivity index (χ0n) is 28.3. The molecule has 264 valence electrons. The molecule has 5 atom stereocenters. The number of aliphatic hydroxyl groups excluding tert-OH is 3. The average Bonchev–Trinajstić information content (AvgIpc) is 3.32. The maximum absolute atomic E-state index is 14.2. The minimum absolute atomic E-state index is 0.0737. The van der Waals surface area contributed by atoms with Crippen LogP contribution >= 0.6 is 0 Å². The summed E-state index contributed by atoms with van der Waals surface area (Å²) in [5, 5.41) is 43.8. The van der Waals surface area contributed by atoms with E-state index in [4.69, 9.17) is 0 Å². The molecule has 0 saturated heterocycles. The van der Waals surface area contributed by atoms with Crippen molar-refractivity contribution in [3.8, 4) is 0 Å². The lowest BCUT2D eigenvalue weighted by atomic mass is 9.64. The van der Waals surface area contributed by atoms with Crippen molar-refractivity contribution in [2.75, 3.05) is 19.7 Å². The molecule has 4 N–H and O–H groups in total. The number of carbonyl (C=O) groups excluding carboxylic acids is 1. The third kappa shape index (κ3) is 8.52. The molecule has 0 heterocycles. The summed E-state index contributed by atoms with van der Waals surface area (Å²) >= 11 is 0. The predicted molar refractivity (Wildman–Crippen MR) is 183 cm³/mol. The monoisotopic (exact) mass is 679 g/mol. The number of allylic oxidation sites excluding steroid dienone is 2. The molecule has 6 rings (SSSR count). The SMILES string of the molecule is CC1=CCC[C@@]2(C)[C@@H](CC[C@@]2(O)CN(Cc2ccccc2)C[C@H](O)CO)c2ccc(cc2C(=O)c2cccc(C(F)(F)F)c2)C[C@@H](O)CC1. The second kappa shape index (κ2) is 15.3. The fourth-order valence-electron chi connectivity index (χ4n) is 7.94. The Balaban J connectivity index is 1.60. The van der Waals surface area contributed by atoms with E-state index in [2.05, 4.69) is 6.08 Å². The first kappa shape index (κ1) is 36.9. The van der Waals surface area contributed by atoms with Crippen LogP contribution in [0.5, 0.6) is 0 Å². The van der Waals surface area contributed by atoms with Crippen molar-refractivity contribution in [1.29, 1.82) is 0 Å². The Morgan fingerprint density at radius 2 is 1.78 bits per heavy atom. The third-order valence-electron chi connectivity index (χ3n) is 10.8. The van der Waals surface area contributed by atoms with Crippen LogP contribution < -0.4 is 0 Å². The number of alkyl halides is 3. The Morgan fingerprint density at radius 3 is 2.49 bits per heavy atom. The molecular weight excluding hydrogens is 631 g/mol. The highest BCUT2D eigenvalue weighted by Crippen LogP contribution is 2.59. The Morgan fingerprint density at radius 1 is 1.02 bits per heavy atom. The average molecular weight is 680 g/mol. The van der Waals surface area contributed by atoms with E-state index in [0.717, 1.165) is 23.3 Å². The highest BCUT2D eigenvalue weighted by atomic mass is 19.4. The zero-order valence-corrected chi connectivity index (χ0v) is 28.3. The molecule has 0 unspecified atom stereocenters. The fraction of sp³-hybridized carbons (Fsp3) is 0.475. The molecule has 0 spiro atoms. The molecule has 0 amide bonds. The van der Waals surface area contributed by atoms with Gasteiger partial charge in [-0.15, -0.1) is 0 Å². The van der Waals surface area contributed by atoms with Crippen molar-refractivity contribution < 1.29 is 38.4 Å². The predicted octanol–water partition coefficient (Wildman–Crippen LogP) is 6.83. The number of hydrogen-bond acceptors (Lipinski definition) is 6. The normalized spacial score (nSPS) is 25.5. The van der Waals surface area contributed by atoms with Crippen molar-refractivity contribution in [3.63, 3.8) is 0 Å². The minimum atomic E-state index is -4.61. The van der Waals surface area contributed by atoms with Crippen molar-refractivity contribution in [3.05, 3.63) is 118 Å². The van der Waals surface area contributed by atoms with E-state index >= 15 is 0 Å². The van der Waals surface area contributed by atoms with Gasteiger partial charge >= 0.3 is 6.18 Å². The maximum Gasteiger partial charge on any atom is 0.416 e. The van der Waals surface area contributed by atoms with E-state index in [1.165, 1.54) is 12.1 Å². The first-order chi connectivity index (χ1) is 23.2. The summed E-state index contributed by atoms with van der Waals surface area (Å²) in [5.41, 5.74) is 0.771. The quantitative estimate of drug-likeness (QED) is 0.146. The van der Waals surface area contributed by atoms with Gasteiger partial charge < -0.3 is 20.4 Å². The van der Waals surface area contributed by atoms with Gasteiger partial charge in [0.25, 0.3) is 0 Å². The molecule has 6 nitrogen and oxygen atoms in total. The lowest BCUT2D eigenvalue weighted by Gasteiger charge is -2.46. The first-order valence-electron chi connectivity index (χ1n) is 17.2. The topological polar surface area (TPSA) is 101 Å². The summed E-state index contributed by atoms with van der Waals surface area (Å²) in [6, 6.07) is 19.6. The molecular formula is C40H48F3NO5. The van der Waals surface area contributed by atoms with E-state index in [1.807, 2.05) is 61.2 Å². The molecule has 0 aromatic heterocycles. The van der Waals surface area contributed by atoms with Crippen LogP contribution in [0.25, 0.3) is 0 Å². The smallest absolute Gasteiger partial charge is 0.394 e. The van der Waals surface area contributed by atoms with E-state index in [9.17, 15) is 38.4 Å². The van der Waals surface area contributed by atoms with Gasteiger partial charge in [0.05, 0.1) is 30.0 Å². The number of aliphatic hydroxyl groups is 4. The first-order valence-corrected chi connectivity index (χ1v) is 17.2. The van der Waals surface area contributed by atoms with Gasteiger partial charge in [-0.25, -0.2) is 0 Å². The van der Waals surface area contributed by atoms with Crippen LogP contribution in [0.15, 0.2) is 84.4 Å². The van der Waals surface area contributed by atoms with E-state index < -0.39 is 47.4 Å². The summed E-state index contributed by atoms with van der Waals surface area (Å²) in [7, 11) is 0. The van der Waals surface area contributed by atoms with Crippen LogP contribution in [-0.2, 0) is 19.1 Å². The highest BCUT2D eigenvalue weighted by molar-refractivity contribution is 6.10. The van der Waals surface area contributed by atoms with Crippen molar-refractivity contribution in [2.45, 2.75) is 95.2 Å². The molecule has 49 heavy (non-hydrogen) atoms. The molecule has 3 aromatic carbocycles. The molecule has 9 heteroatoms. The molecule has 3 aliphatic carbocycles. The number of hydrogen-bond donors (Lipinski definition) is 4. The van der Waals surface area contributed by atoms with E-state index in [1.54, 1.807) is 6.07 Å². The summed E-state index contributed by atoms with van der Waals surface area (Å²) < 4.78 is 41.0. The summed E-state index contributed by atoms with van der Waals surface area (Å²) in [6.07, 6.45) is -0.490. The number of benzene rings is 3. The van der Waals surface area contributed by atoms with Crippen molar-refractivity contribution in [1.82, 2.24) is 4.90 Å². The number of nitrogens with zero attached hydrogens (tertiary/aromatic N) is 1. The molecule has 3 aliphatic rings. The van der Waals surface area contributed by atoms with Gasteiger partial charge in [-0.05, 0) is 92.7 Å². The summed E-state index contributed by atoms with van der Waals surface area (Å²) in [4.78, 5) is 16.2. The second-order valence-corrected chi connectivity index (χ2v) is 14.3. The fourth-order valence-corrected chi connectivity index (χ4v) is 7.94. The van der Waals surface area contributed by atoms with Crippen LogP contribution in [0.3, 0.4) is 0 Å². The summed E-state index contributed by atoms with van der Waals surface area (Å²) in [5.74, 6) is -0.853.